The summed E-state index contributed by atoms with van der Waals surface area (Å²) in [7, 11) is 0. The van der Waals surface area contributed by atoms with E-state index in [1.165, 1.54) is 12.1 Å². The van der Waals surface area contributed by atoms with Crippen molar-refractivity contribution in [2.45, 2.75) is 12.2 Å². The van der Waals surface area contributed by atoms with E-state index >= 15 is 0 Å². The summed E-state index contributed by atoms with van der Waals surface area (Å²) >= 11 is 0. The number of pyridine rings is 1. The minimum Gasteiger partial charge on any atom is -0.319 e. The molecule has 7 heteroatoms. The number of rotatable bonds is 2. The maximum atomic E-state index is 13.5. The van der Waals surface area contributed by atoms with Gasteiger partial charge < -0.3 is 5.73 Å². The Morgan fingerprint density at radius 3 is 2.30 bits per heavy atom. The number of aromatic nitrogens is 1. The summed E-state index contributed by atoms with van der Waals surface area (Å²) in [5.41, 5.74) is 4.60. The normalized spacial score (nSPS) is 13.3. The van der Waals surface area contributed by atoms with E-state index in [1.807, 2.05) is 0 Å². The number of hydrogen-bond acceptors (Lipinski definition) is 2. The molecule has 106 valence electrons. The summed E-state index contributed by atoms with van der Waals surface area (Å²) in [4.78, 5) is 3.56. The van der Waals surface area contributed by atoms with Crippen molar-refractivity contribution in [1.29, 1.82) is 0 Å². The van der Waals surface area contributed by atoms with Crippen molar-refractivity contribution < 1.29 is 22.0 Å². The lowest BCUT2D eigenvalue weighted by atomic mass is 10.0. The Hall–Kier alpha value is -2.02. The maximum Gasteiger partial charge on any atom is 0.417 e. The van der Waals surface area contributed by atoms with Crippen LogP contribution in [0.1, 0.15) is 22.9 Å². The Labute approximate surface area is 111 Å². The third-order valence-electron chi connectivity index (χ3n) is 2.75. The highest BCUT2D eigenvalue weighted by atomic mass is 19.4. The van der Waals surface area contributed by atoms with Crippen LogP contribution < -0.4 is 5.73 Å². The highest BCUT2D eigenvalue weighted by Gasteiger charge is 2.31. The van der Waals surface area contributed by atoms with Crippen molar-refractivity contribution in [3.8, 4) is 0 Å². The monoisotopic (exact) mass is 288 g/mol. The first-order valence-corrected chi connectivity index (χ1v) is 5.53. The molecular weight excluding hydrogens is 279 g/mol. The lowest BCUT2D eigenvalue weighted by Crippen LogP contribution is -2.16. The van der Waals surface area contributed by atoms with Crippen LogP contribution in [0.25, 0.3) is 0 Å². The standard InChI is InChI=1S/C13H9F5N2/c14-9-3-1-2-8(11(9)15)12(19)10-5-4-7(6-20-10)13(16,17)18/h1-6,12H,19H2. The minimum atomic E-state index is -4.51. The largest absolute Gasteiger partial charge is 0.417 e. The van der Waals surface area contributed by atoms with Gasteiger partial charge in [0.25, 0.3) is 0 Å². The molecule has 0 aliphatic rings. The molecule has 0 radical (unpaired) electrons. The van der Waals surface area contributed by atoms with Crippen LogP contribution in [0.4, 0.5) is 22.0 Å². The van der Waals surface area contributed by atoms with Crippen LogP contribution in [0.15, 0.2) is 36.5 Å². The SMILES string of the molecule is NC(c1ccc(C(F)(F)F)cn1)c1cccc(F)c1F. The van der Waals surface area contributed by atoms with Crippen LogP contribution in [0.2, 0.25) is 0 Å². The Bertz CT molecular complexity index is 607. The number of hydrogen-bond donors (Lipinski definition) is 1. The van der Waals surface area contributed by atoms with Crippen LogP contribution in [0.5, 0.6) is 0 Å². The first-order valence-electron chi connectivity index (χ1n) is 5.53. The highest BCUT2D eigenvalue weighted by molar-refractivity contribution is 5.30. The zero-order chi connectivity index (χ0) is 14.9. The van der Waals surface area contributed by atoms with E-state index in [0.29, 0.717) is 6.20 Å². The Morgan fingerprint density at radius 2 is 1.75 bits per heavy atom. The van der Waals surface area contributed by atoms with Gasteiger partial charge in [-0.3, -0.25) is 4.98 Å². The van der Waals surface area contributed by atoms with E-state index < -0.39 is 29.4 Å². The van der Waals surface area contributed by atoms with Gasteiger partial charge in [-0.15, -0.1) is 0 Å². The molecule has 2 aromatic rings. The molecule has 0 amide bonds. The second-order valence-corrected chi connectivity index (χ2v) is 4.09. The summed E-state index contributed by atoms with van der Waals surface area (Å²) < 4.78 is 63.8. The van der Waals surface area contributed by atoms with Gasteiger partial charge in [0, 0.05) is 11.8 Å². The van der Waals surface area contributed by atoms with Gasteiger partial charge in [-0.25, -0.2) is 8.78 Å². The van der Waals surface area contributed by atoms with Crippen LogP contribution in [-0.4, -0.2) is 4.98 Å². The molecule has 0 fully saturated rings. The van der Waals surface area contributed by atoms with Gasteiger partial charge in [-0.05, 0) is 18.2 Å². The van der Waals surface area contributed by atoms with E-state index in [4.69, 9.17) is 5.73 Å². The number of alkyl halides is 3. The van der Waals surface area contributed by atoms with Crippen molar-refractivity contribution in [3.05, 3.63) is 65.0 Å². The second-order valence-electron chi connectivity index (χ2n) is 4.09. The van der Waals surface area contributed by atoms with Gasteiger partial charge in [-0.1, -0.05) is 12.1 Å². The highest BCUT2D eigenvalue weighted by Crippen LogP contribution is 2.29. The van der Waals surface area contributed by atoms with Crippen LogP contribution in [0.3, 0.4) is 0 Å². The maximum absolute atomic E-state index is 13.5. The van der Waals surface area contributed by atoms with Crippen molar-refractivity contribution in [2.75, 3.05) is 0 Å². The zero-order valence-electron chi connectivity index (χ0n) is 9.96. The van der Waals surface area contributed by atoms with Crippen molar-refractivity contribution in [3.63, 3.8) is 0 Å². The lowest BCUT2D eigenvalue weighted by Gasteiger charge is -2.14. The molecule has 0 bridgehead atoms. The first-order chi connectivity index (χ1) is 9.30. The quantitative estimate of drug-likeness (QED) is 0.860. The molecule has 0 aliphatic heterocycles. The molecule has 1 aromatic carbocycles. The average Bonchev–Trinajstić information content (AvgIpc) is 2.40. The number of nitrogens with two attached hydrogens (primary N) is 1. The van der Waals surface area contributed by atoms with Crippen molar-refractivity contribution in [1.82, 2.24) is 4.98 Å². The number of benzene rings is 1. The Balaban J connectivity index is 2.34. The number of nitrogens with zero attached hydrogens (tertiary/aromatic N) is 1. The molecule has 0 saturated carbocycles. The predicted molar refractivity (Wildman–Crippen MR) is 61.6 cm³/mol. The van der Waals surface area contributed by atoms with Crippen molar-refractivity contribution >= 4 is 0 Å². The van der Waals surface area contributed by atoms with Gasteiger partial charge in [0.1, 0.15) is 0 Å². The van der Waals surface area contributed by atoms with E-state index in [1.54, 1.807) is 0 Å². The van der Waals surface area contributed by atoms with Crippen LogP contribution >= 0.6 is 0 Å². The smallest absolute Gasteiger partial charge is 0.319 e. The summed E-state index contributed by atoms with van der Waals surface area (Å²) in [5.74, 6) is -2.22. The third-order valence-corrected chi connectivity index (χ3v) is 2.75. The first kappa shape index (κ1) is 14.4. The molecule has 0 saturated heterocycles. The van der Waals surface area contributed by atoms with E-state index in [2.05, 4.69) is 4.98 Å². The molecule has 0 spiro atoms. The minimum absolute atomic E-state index is 0.0162. The molecule has 1 heterocycles. The van der Waals surface area contributed by atoms with Crippen molar-refractivity contribution in [2.24, 2.45) is 5.73 Å². The van der Waals surface area contributed by atoms with Gasteiger partial charge in [-0.2, -0.15) is 13.2 Å². The summed E-state index contributed by atoms with van der Waals surface area (Å²) in [6, 6.07) is 4.12. The molecule has 2 rings (SSSR count). The Morgan fingerprint density at radius 1 is 1.05 bits per heavy atom. The predicted octanol–water partition coefficient (Wildman–Crippen LogP) is 3.43. The molecule has 0 aliphatic carbocycles. The van der Waals surface area contributed by atoms with Gasteiger partial charge in [0.15, 0.2) is 11.6 Å². The van der Waals surface area contributed by atoms with E-state index in [-0.39, 0.29) is 11.3 Å². The summed E-state index contributed by atoms with van der Waals surface area (Å²) in [5, 5.41) is 0. The van der Waals surface area contributed by atoms with Gasteiger partial charge in [0.05, 0.1) is 17.3 Å². The molecule has 1 unspecified atom stereocenters. The molecule has 1 aromatic heterocycles. The molecule has 2 N–H and O–H groups in total. The van der Waals surface area contributed by atoms with Gasteiger partial charge in [0.2, 0.25) is 0 Å². The fraction of sp³-hybridized carbons (Fsp3) is 0.154. The third kappa shape index (κ3) is 2.77. The van der Waals surface area contributed by atoms with Gasteiger partial charge >= 0.3 is 6.18 Å². The topological polar surface area (TPSA) is 38.9 Å². The fourth-order valence-electron chi connectivity index (χ4n) is 1.68. The molecular formula is C13H9F5N2. The summed E-state index contributed by atoms with van der Waals surface area (Å²) in [6.07, 6.45) is -3.91. The van der Waals surface area contributed by atoms with E-state index in [9.17, 15) is 22.0 Å². The lowest BCUT2D eigenvalue weighted by molar-refractivity contribution is -0.137. The zero-order valence-corrected chi connectivity index (χ0v) is 9.96. The molecule has 2 nitrogen and oxygen atoms in total. The Kier molecular flexibility index (Phi) is 3.71. The second kappa shape index (κ2) is 5.16. The molecule has 1 atom stereocenters. The van der Waals surface area contributed by atoms with Crippen LogP contribution in [-0.2, 0) is 6.18 Å². The average molecular weight is 288 g/mol. The van der Waals surface area contributed by atoms with E-state index in [0.717, 1.165) is 18.2 Å². The fourth-order valence-corrected chi connectivity index (χ4v) is 1.68. The number of halogens is 5. The summed E-state index contributed by atoms with van der Waals surface area (Å²) in [6.45, 7) is 0. The molecule has 20 heavy (non-hydrogen) atoms. The van der Waals surface area contributed by atoms with Crippen LogP contribution in [0, 0.1) is 11.6 Å².